The molecule has 2 aromatic rings. The number of aliphatic imine (C=N–C) groups is 1. The van der Waals surface area contributed by atoms with E-state index in [0.717, 1.165) is 32.8 Å². The first-order valence-corrected chi connectivity index (χ1v) is 10.8. The van der Waals surface area contributed by atoms with E-state index >= 15 is 0 Å². The number of hydrogen-bond donors (Lipinski definition) is 3. The molecule has 162 valence electrons. The number of nitro benzene ring substituents is 1. The Balaban J connectivity index is 1.48. The van der Waals surface area contributed by atoms with Gasteiger partial charge in [0.15, 0.2) is 5.96 Å². The fraction of sp³-hybridized carbons (Fsp3) is 0.450. The smallest absolute Gasteiger partial charge is 0.292 e. The summed E-state index contributed by atoms with van der Waals surface area (Å²) in [5.41, 5.74) is 0.585. The van der Waals surface area contributed by atoms with Gasteiger partial charge in [-0.15, -0.1) is 11.3 Å². The van der Waals surface area contributed by atoms with Gasteiger partial charge in [-0.2, -0.15) is 0 Å². The lowest BCUT2D eigenvalue weighted by molar-refractivity contribution is -0.384. The molecule has 30 heavy (non-hydrogen) atoms. The average molecular weight is 433 g/mol. The van der Waals surface area contributed by atoms with Crippen LogP contribution in [0.1, 0.15) is 10.9 Å². The van der Waals surface area contributed by atoms with Crippen LogP contribution in [0.5, 0.6) is 0 Å². The van der Waals surface area contributed by atoms with E-state index in [1.165, 1.54) is 10.9 Å². The van der Waals surface area contributed by atoms with Crippen LogP contribution in [0.3, 0.4) is 0 Å². The van der Waals surface area contributed by atoms with Crippen LogP contribution in [-0.2, 0) is 4.74 Å². The maximum absolute atomic E-state index is 11.1. The van der Waals surface area contributed by atoms with Crippen LogP contribution in [0.4, 0.5) is 11.4 Å². The summed E-state index contributed by atoms with van der Waals surface area (Å²) < 4.78 is 5.50. The average Bonchev–Trinajstić information content (AvgIpc) is 3.31. The predicted molar refractivity (Wildman–Crippen MR) is 120 cm³/mol. The number of rotatable bonds is 9. The van der Waals surface area contributed by atoms with Crippen molar-refractivity contribution in [2.45, 2.75) is 6.04 Å². The summed E-state index contributed by atoms with van der Waals surface area (Å²) in [6.45, 7) is 5.18. The fourth-order valence-corrected chi connectivity index (χ4v) is 4.21. The molecule has 1 fully saturated rings. The first-order chi connectivity index (χ1) is 14.7. The maximum Gasteiger partial charge on any atom is 0.292 e. The summed E-state index contributed by atoms with van der Waals surface area (Å²) in [5.74, 6) is 0.703. The zero-order valence-corrected chi connectivity index (χ0v) is 17.9. The van der Waals surface area contributed by atoms with Crippen LogP contribution in [0.2, 0.25) is 0 Å². The largest absolute Gasteiger partial charge is 0.379 e. The number of guanidine groups is 1. The van der Waals surface area contributed by atoms with Gasteiger partial charge in [0.05, 0.1) is 24.2 Å². The first-order valence-electron chi connectivity index (χ1n) is 9.96. The van der Waals surface area contributed by atoms with Crippen molar-refractivity contribution in [1.29, 1.82) is 0 Å². The van der Waals surface area contributed by atoms with E-state index in [9.17, 15) is 10.1 Å². The predicted octanol–water partition coefficient (Wildman–Crippen LogP) is 2.31. The number of thiophene rings is 1. The van der Waals surface area contributed by atoms with E-state index in [2.05, 4.69) is 43.4 Å². The summed E-state index contributed by atoms with van der Waals surface area (Å²) >= 11 is 1.76. The minimum Gasteiger partial charge on any atom is -0.379 e. The molecule has 1 atom stereocenters. The highest BCUT2D eigenvalue weighted by atomic mass is 32.1. The lowest BCUT2D eigenvalue weighted by atomic mass is 10.2. The molecule has 0 saturated carbocycles. The number of anilines is 1. The van der Waals surface area contributed by atoms with Crippen LogP contribution in [0.25, 0.3) is 0 Å². The lowest BCUT2D eigenvalue weighted by Crippen LogP contribution is -2.46. The van der Waals surface area contributed by atoms with Crippen LogP contribution < -0.4 is 16.0 Å². The van der Waals surface area contributed by atoms with Gasteiger partial charge < -0.3 is 20.7 Å². The summed E-state index contributed by atoms with van der Waals surface area (Å²) in [6, 6.07) is 11.1. The van der Waals surface area contributed by atoms with Crippen LogP contribution in [0.15, 0.2) is 46.8 Å². The second kappa shape index (κ2) is 11.5. The van der Waals surface area contributed by atoms with Gasteiger partial charge in [0.25, 0.3) is 5.69 Å². The highest BCUT2D eigenvalue weighted by molar-refractivity contribution is 7.10. The van der Waals surface area contributed by atoms with Crippen molar-refractivity contribution in [3.63, 3.8) is 0 Å². The molecule has 3 N–H and O–H groups in total. The van der Waals surface area contributed by atoms with E-state index in [-0.39, 0.29) is 16.7 Å². The molecule has 0 aliphatic carbocycles. The minimum absolute atomic E-state index is 0.0734. The molecule has 0 bridgehead atoms. The third-order valence-corrected chi connectivity index (χ3v) is 5.85. The van der Waals surface area contributed by atoms with Crippen molar-refractivity contribution in [3.05, 3.63) is 56.8 Å². The number of hydrogen-bond acceptors (Lipinski definition) is 7. The van der Waals surface area contributed by atoms with Crippen molar-refractivity contribution in [3.8, 4) is 0 Å². The Morgan fingerprint density at radius 2 is 2.03 bits per heavy atom. The summed E-state index contributed by atoms with van der Waals surface area (Å²) in [5, 5.41) is 23.0. The van der Waals surface area contributed by atoms with Crippen molar-refractivity contribution in [2.75, 3.05) is 58.3 Å². The molecule has 1 aliphatic heterocycles. The second-order valence-corrected chi connectivity index (χ2v) is 7.74. The third-order valence-electron chi connectivity index (χ3n) is 4.88. The topological polar surface area (TPSA) is 104 Å². The molecule has 10 heteroatoms. The second-order valence-electron chi connectivity index (χ2n) is 6.76. The molecule has 3 rings (SSSR count). The molecule has 2 heterocycles. The molecule has 0 spiro atoms. The quantitative estimate of drug-likeness (QED) is 0.184. The Hall–Kier alpha value is -2.69. The van der Waals surface area contributed by atoms with Crippen molar-refractivity contribution in [2.24, 2.45) is 4.99 Å². The minimum atomic E-state index is -0.382. The standard InChI is InChI=1S/C20H28N6O3S/c1-21-20(23-9-8-22-16-5-2-3-6-17(16)26(27)28)24-15-18(19-7-4-14-30-19)25-10-12-29-13-11-25/h2-7,14,18,22H,8-13,15H2,1H3,(H2,21,23,24). The molecule has 1 aromatic heterocycles. The van der Waals surface area contributed by atoms with Crippen molar-refractivity contribution < 1.29 is 9.66 Å². The summed E-state index contributed by atoms with van der Waals surface area (Å²) in [6.07, 6.45) is 0. The monoisotopic (exact) mass is 432 g/mol. The van der Waals surface area contributed by atoms with E-state index in [1.54, 1.807) is 36.6 Å². The number of nitro groups is 1. The highest BCUT2D eigenvalue weighted by Gasteiger charge is 2.23. The summed E-state index contributed by atoms with van der Waals surface area (Å²) in [4.78, 5) is 18.8. The van der Waals surface area contributed by atoms with Gasteiger partial charge in [0, 0.05) is 50.7 Å². The number of para-hydroxylation sites is 2. The van der Waals surface area contributed by atoms with E-state index in [4.69, 9.17) is 4.74 Å². The van der Waals surface area contributed by atoms with Gasteiger partial charge in [-0.25, -0.2) is 0 Å². The Morgan fingerprint density at radius 1 is 1.23 bits per heavy atom. The van der Waals surface area contributed by atoms with Gasteiger partial charge in [0.2, 0.25) is 0 Å². The summed E-state index contributed by atoms with van der Waals surface area (Å²) in [7, 11) is 1.74. The number of nitrogens with one attached hydrogen (secondary N) is 3. The third kappa shape index (κ3) is 6.15. The zero-order chi connectivity index (χ0) is 21.2. The van der Waals surface area contributed by atoms with Crippen LogP contribution >= 0.6 is 11.3 Å². The number of ether oxygens (including phenoxy) is 1. The van der Waals surface area contributed by atoms with Crippen LogP contribution in [-0.4, -0.2) is 68.8 Å². The molecule has 0 radical (unpaired) electrons. The molecule has 0 amide bonds. The molecule has 1 unspecified atom stereocenters. The van der Waals surface area contributed by atoms with E-state index in [1.807, 2.05) is 0 Å². The normalized spacial score (nSPS) is 16.1. The Morgan fingerprint density at radius 3 is 2.73 bits per heavy atom. The zero-order valence-electron chi connectivity index (χ0n) is 17.0. The molecular formula is C20H28N6O3S. The highest BCUT2D eigenvalue weighted by Crippen LogP contribution is 2.25. The first kappa shape index (κ1) is 22.0. The molecule has 1 saturated heterocycles. The Bertz CT molecular complexity index is 824. The fourth-order valence-electron chi connectivity index (χ4n) is 3.35. The Kier molecular flexibility index (Phi) is 8.42. The van der Waals surface area contributed by atoms with Crippen molar-refractivity contribution >= 4 is 28.7 Å². The molecule has 1 aliphatic rings. The number of nitrogens with zero attached hydrogens (tertiary/aromatic N) is 3. The van der Waals surface area contributed by atoms with Crippen LogP contribution in [0, 0.1) is 10.1 Å². The van der Waals surface area contributed by atoms with Crippen molar-refractivity contribution in [1.82, 2.24) is 15.5 Å². The number of morpholine rings is 1. The molecular weight excluding hydrogens is 404 g/mol. The van der Waals surface area contributed by atoms with Gasteiger partial charge in [0.1, 0.15) is 5.69 Å². The van der Waals surface area contributed by atoms with Gasteiger partial charge in [-0.05, 0) is 17.5 Å². The lowest BCUT2D eigenvalue weighted by Gasteiger charge is -2.34. The van der Waals surface area contributed by atoms with E-state index in [0.29, 0.717) is 24.7 Å². The SMILES string of the molecule is CN=C(NCCNc1ccccc1[N+](=O)[O-])NCC(c1cccs1)N1CCOCC1. The van der Waals surface area contributed by atoms with Gasteiger partial charge >= 0.3 is 0 Å². The molecule has 9 nitrogen and oxygen atoms in total. The van der Waals surface area contributed by atoms with Gasteiger partial charge in [-0.1, -0.05) is 18.2 Å². The Labute approximate surface area is 180 Å². The molecule has 1 aromatic carbocycles. The number of benzene rings is 1. The maximum atomic E-state index is 11.1. The van der Waals surface area contributed by atoms with E-state index < -0.39 is 0 Å². The van der Waals surface area contributed by atoms with Gasteiger partial charge in [-0.3, -0.25) is 20.0 Å².